The Morgan fingerprint density at radius 2 is 2.33 bits per heavy atom. The van der Waals surface area contributed by atoms with Crippen LogP contribution in [0.25, 0.3) is 0 Å². The minimum Gasteiger partial charge on any atom is -0.378 e. The Morgan fingerprint density at radius 3 is 3.00 bits per heavy atom. The third-order valence-corrected chi connectivity index (χ3v) is 3.64. The van der Waals surface area contributed by atoms with Gasteiger partial charge in [0.05, 0.1) is 12.2 Å². The van der Waals surface area contributed by atoms with Gasteiger partial charge in [-0.2, -0.15) is 0 Å². The predicted molar refractivity (Wildman–Crippen MR) is 58.8 cm³/mol. The fraction of sp³-hybridized carbons (Fsp3) is 1.00. The Kier molecular flexibility index (Phi) is 3.61. The summed E-state index contributed by atoms with van der Waals surface area (Å²) in [5.74, 6) is 0. The monoisotopic (exact) mass is 214 g/mol. The van der Waals surface area contributed by atoms with Crippen LogP contribution in [0.3, 0.4) is 0 Å². The van der Waals surface area contributed by atoms with Crippen LogP contribution in [-0.2, 0) is 9.47 Å². The van der Waals surface area contributed by atoms with E-state index in [1.807, 2.05) is 0 Å². The summed E-state index contributed by atoms with van der Waals surface area (Å²) in [6, 6.07) is 0.615. The van der Waals surface area contributed by atoms with E-state index in [2.05, 4.69) is 11.9 Å². The maximum absolute atomic E-state index is 5.90. The average molecular weight is 214 g/mol. The van der Waals surface area contributed by atoms with Crippen LogP contribution in [0.2, 0.25) is 0 Å². The highest BCUT2D eigenvalue weighted by atomic mass is 16.6. The largest absolute Gasteiger partial charge is 0.378 e. The van der Waals surface area contributed by atoms with Crippen molar-refractivity contribution in [2.24, 2.45) is 5.73 Å². The lowest BCUT2D eigenvalue weighted by molar-refractivity contribution is -0.103. The first kappa shape index (κ1) is 11.3. The fourth-order valence-corrected chi connectivity index (χ4v) is 2.63. The Labute approximate surface area is 91.7 Å². The number of likely N-dealkylation sites (N-methyl/N-ethyl adjacent to an activating group) is 1. The van der Waals surface area contributed by atoms with Crippen LogP contribution in [0.4, 0.5) is 0 Å². The number of nitrogens with zero attached hydrogens (tertiary/aromatic N) is 1. The smallest absolute Gasteiger partial charge is 0.0951 e. The summed E-state index contributed by atoms with van der Waals surface area (Å²) < 4.78 is 11.4. The summed E-state index contributed by atoms with van der Waals surface area (Å²) in [5, 5.41) is 0. The fourth-order valence-electron chi connectivity index (χ4n) is 2.63. The molecule has 1 spiro atoms. The third kappa shape index (κ3) is 2.50. The molecule has 0 radical (unpaired) electrons. The molecule has 2 N–H and O–H groups in total. The number of nitrogens with two attached hydrogens (primary N) is 1. The molecule has 0 aromatic rings. The Hall–Kier alpha value is -0.160. The van der Waals surface area contributed by atoms with Gasteiger partial charge in [-0.25, -0.2) is 0 Å². The molecule has 2 saturated heterocycles. The van der Waals surface area contributed by atoms with Gasteiger partial charge in [0.15, 0.2) is 0 Å². The van der Waals surface area contributed by atoms with Gasteiger partial charge in [-0.05, 0) is 19.9 Å². The van der Waals surface area contributed by atoms with E-state index in [-0.39, 0.29) is 5.60 Å². The van der Waals surface area contributed by atoms with E-state index in [1.165, 1.54) is 0 Å². The average Bonchev–Trinajstić information content (AvgIpc) is 2.67. The molecule has 2 aliphatic rings. The molecule has 2 aliphatic heterocycles. The normalized spacial score (nSPS) is 36.6. The summed E-state index contributed by atoms with van der Waals surface area (Å²) in [4.78, 5) is 2.36. The Bertz CT molecular complexity index is 205. The summed E-state index contributed by atoms with van der Waals surface area (Å²) >= 11 is 0. The van der Waals surface area contributed by atoms with Crippen molar-refractivity contribution in [2.75, 3.05) is 40.0 Å². The topological polar surface area (TPSA) is 47.7 Å². The van der Waals surface area contributed by atoms with Crippen molar-refractivity contribution in [1.82, 2.24) is 4.90 Å². The van der Waals surface area contributed by atoms with Crippen LogP contribution >= 0.6 is 0 Å². The molecule has 15 heavy (non-hydrogen) atoms. The van der Waals surface area contributed by atoms with Gasteiger partial charge >= 0.3 is 0 Å². The van der Waals surface area contributed by atoms with Crippen molar-refractivity contribution < 1.29 is 9.47 Å². The van der Waals surface area contributed by atoms with E-state index < -0.39 is 0 Å². The predicted octanol–water partition coefficient (Wildman–Crippen LogP) is 0.215. The lowest BCUT2D eigenvalue weighted by Gasteiger charge is -2.40. The SMILES string of the molecule is CN(CCN)C1CCOC2(CCOC2)C1. The van der Waals surface area contributed by atoms with Crippen molar-refractivity contribution in [1.29, 1.82) is 0 Å². The number of hydrogen-bond acceptors (Lipinski definition) is 4. The molecular weight excluding hydrogens is 192 g/mol. The molecule has 0 aromatic carbocycles. The van der Waals surface area contributed by atoms with Crippen molar-refractivity contribution >= 4 is 0 Å². The lowest BCUT2D eigenvalue weighted by atomic mass is 9.89. The van der Waals surface area contributed by atoms with Gasteiger partial charge in [0, 0.05) is 38.8 Å². The van der Waals surface area contributed by atoms with E-state index in [0.717, 1.165) is 52.2 Å². The second kappa shape index (κ2) is 4.78. The number of hydrogen-bond donors (Lipinski definition) is 1. The van der Waals surface area contributed by atoms with Gasteiger partial charge < -0.3 is 20.1 Å². The number of rotatable bonds is 3. The summed E-state index contributed by atoms with van der Waals surface area (Å²) in [7, 11) is 2.16. The van der Waals surface area contributed by atoms with Gasteiger partial charge in [-0.15, -0.1) is 0 Å². The summed E-state index contributed by atoms with van der Waals surface area (Å²) in [6.07, 6.45) is 3.28. The van der Waals surface area contributed by atoms with Gasteiger partial charge in [0.1, 0.15) is 0 Å². The van der Waals surface area contributed by atoms with Crippen LogP contribution in [0.15, 0.2) is 0 Å². The van der Waals surface area contributed by atoms with Crippen molar-refractivity contribution in [2.45, 2.75) is 30.9 Å². The standard InChI is InChI=1S/C11H22N2O2/c1-13(5-4-12)10-2-6-15-11(8-10)3-7-14-9-11/h10H,2-9,12H2,1H3. The van der Waals surface area contributed by atoms with E-state index in [0.29, 0.717) is 6.04 Å². The molecular formula is C11H22N2O2. The Balaban J connectivity index is 1.91. The summed E-state index contributed by atoms with van der Waals surface area (Å²) in [5.41, 5.74) is 5.60. The van der Waals surface area contributed by atoms with E-state index in [9.17, 15) is 0 Å². The van der Waals surface area contributed by atoms with Crippen molar-refractivity contribution in [3.63, 3.8) is 0 Å². The van der Waals surface area contributed by atoms with Crippen molar-refractivity contribution in [3.05, 3.63) is 0 Å². The highest BCUT2D eigenvalue weighted by Gasteiger charge is 2.41. The Morgan fingerprint density at radius 1 is 1.47 bits per heavy atom. The molecule has 2 rings (SSSR count). The molecule has 2 fully saturated rings. The lowest BCUT2D eigenvalue weighted by Crippen LogP contribution is -2.49. The minimum absolute atomic E-state index is 0.0196. The van der Waals surface area contributed by atoms with E-state index >= 15 is 0 Å². The van der Waals surface area contributed by atoms with Crippen molar-refractivity contribution in [3.8, 4) is 0 Å². The molecule has 0 amide bonds. The first-order valence-corrected chi connectivity index (χ1v) is 5.88. The molecule has 0 aliphatic carbocycles. The molecule has 2 unspecified atom stereocenters. The molecule has 4 heteroatoms. The van der Waals surface area contributed by atoms with Gasteiger partial charge in [0.2, 0.25) is 0 Å². The molecule has 4 nitrogen and oxygen atoms in total. The first-order valence-electron chi connectivity index (χ1n) is 5.88. The quantitative estimate of drug-likeness (QED) is 0.730. The van der Waals surface area contributed by atoms with E-state index in [4.69, 9.17) is 15.2 Å². The van der Waals surface area contributed by atoms with Crippen LogP contribution < -0.4 is 5.73 Å². The third-order valence-electron chi connectivity index (χ3n) is 3.64. The molecule has 2 atom stereocenters. The molecule has 0 bridgehead atoms. The highest BCUT2D eigenvalue weighted by molar-refractivity contribution is 4.93. The van der Waals surface area contributed by atoms with Crippen LogP contribution in [0, 0.1) is 0 Å². The molecule has 88 valence electrons. The molecule has 2 heterocycles. The second-order valence-corrected chi connectivity index (χ2v) is 4.75. The number of ether oxygens (including phenoxy) is 2. The van der Waals surface area contributed by atoms with Crippen LogP contribution in [-0.4, -0.2) is 56.5 Å². The zero-order chi connectivity index (χ0) is 10.7. The molecule has 0 saturated carbocycles. The van der Waals surface area contributed by atoms with Gasteiger partial charge in [-0.1, -0.05) is 0 Å². The maximum atomic E-state index is 5.90. The zero-order valence-corrected chi connectivity index (χ0v) is 9.58. The zero-order valence-electron chi connectivity index (χ0n) is 9.58. The van der Waals surface area contributed by atoms with Crippen LogP contribution in [0.1, 0.15) is 19.3 Å². The molecule has 0 aromatic heterocycles. The first-order chi connectivity index (χ1) is 7.26. The second-order valence-electron chi connectivity index (χ2n) is 4.75. The minimum atomic E-state index is 0.0196. The maximum Gasteiger partial charge on any atom is 0.0951 e. The summed E-state index contributed by atoms with van der Waals surface area (Å²) in [6.45, 7) is 4.20. The van der Waals surface area contributed by atoms with Gasteiger partial charge in [0.25, 0.3) is 0 Å². The van der Waals surface area contributed by atoms with Crippen LogP contribution in [0.5, 0.6) is 0 Å². The van der Waals surface area contributed by atoms with Gasteiger partial charge in [-0.3, -0.25) is 0 Å². The highest BCUT2D eigenvalue weighted by Crippen LogP contribution is 2.34. The van der Waals surface area contributed by atoms with E-state index in [1.54, 1.807) is 0 Å².